The molecule has 1 atom stereocenters. The first-order valence-corrected chi connectivity index (χ1v) is 11.1. The van der Waals surface area contributed by atoms with Crippen molar-refractivity contribution in [2.24, 2.45) is 0 Å². The third-order valence-corrected chi connectivity index (χ3v) is 6.68. The molecule has 154 valence electrons. The summed E-state index contributed by atoms with van der Waals surface area (Å²) in [7, 11) is 3.76. The molecule has 1 aromatic carbocycles. The van der Waals surface area contributed by atoms with Crippen molar-refractivity contribution in [1.82, 2.24) is 14.7 Å². The number of thiocarbonyl (C=S) groups is 1. The van der Waals surface area contributed by atoms with Crippen molar-refractivity contribution in [2.45, 2.75) is 11.8 Å². The third-order valence-electron chi connectivity index (χ3n) is 5.11. The lowest BCUT2D eigenvalue weighted by molar-refractivity contribution is -0.119. The zero-order valence-electron chi connectivity index (χ0n) is 16.6. The minimum absolute atomic E-state index is 0.133. The van der Waals surface area contributed by atoms with Gasteiger partial charge in [0.25, 0.3) is 0 Å². The number of piperazine rings is 1. The van der Waals surface area contributed by atoms with Gasteiger partial charge in [0, 0.05) is 38.5 Å². The van der Waals surface area contributed by atoms with Gasteiger partial charge >= 0.3 is 0 Å². The molecule has 0 aromatic heterocycles. The lowest BCUT2D eigenvalue weighted by Crippen LogP contribution is -2.47. The Labute approximate surface area is 177 Å². The highest BCUT2D eigenvalue weighted by atomic mass is 32.2. The molecule has 2 fully saturated rings. The van der Waals surface area contributed by atoms with Gasteiger partial charge in [-0.2, -0.15) is 0 Å². The number of likely N-dealkylation sites (N-methyl/N-ethyl adjacent to an activating group) is 1. The molecule has 1 unspecified atom stereocenters. The summed E-state index contributed by atoms with van der Waals surface area (Å²) in [5.74, 6) is 2.65. The third kappa shape index (κ3) is 5.83. The standard InChI is InChI=1S/C20H29N3O3S2/c1-21-7-9-22(10-8-21)14-16(24)13-19(27)23-11-12-28-20(23)15-26-18-6-4-3-5-17(18)25-2/h3-6,20H,7-15H2,1-2H3. The van der Waals surface area contributed by atoms with Crippen LogP contribution in [0.3, 0.4) is 0 Å². The van der Waals surface area contributed by atoms with Crippen LogP contribution in [0, 0.1) is 0 Å². The predicted molar refractivity (Wildman–Crippen MR) is 118 cm³/mol. The van der Waals surface area contributed by atoms with E-state index < -0.39 is 0 Å². The van der Waals surface area contributed by atoms with E-state index in [2.05, 4.69) is 21.7 Å². The summed E-state index contributed by atoms with van der Waals surface area (Å²) in [5, 5.41) is 0.133. The Kier molecular flexibility index (Phi) is 7.96. The second-order valence-corrected chi connectivity index (χ2v) is 8.93. The van der Waals surface area contributed by atoms with E-state index in [0.29, 0.717) is 19.6 Å². The summed E-state index contributed by atoms with van der Waals surface area (Å²) in [5.41, 5.74) is 0. The van der Waals surface area contributed by atoms with Crippen LogP contribution in [0.1, 0.15) is 6.42 Å². The molecular formula is C20H29N3O3S2. The van der Waals surface area contributed by atoms with Crippen molar-refractivity contribution in [1.29, 1.82) is 0 Å². The quantitative estimate of drug-likeness (QED) is 0.588. The molecule has 2 aliphatic heterocycles. The van der Waals surface area contributed by atoms with E-state index in [9.17, 15) is 4.79 Å². The Morgan fingerprint density at radius 1 is 1.18 bits per heavy atom. The Bertz CT molecular complexity index is 680. The lowest BCUT2D eigenvalue weighted by Gasteiger charge is -2.32. The summed E-state index contributed by atoms with van der Waals surface area (Å²) >= 11 is 7.44. The Morgan fingerprint density at radius 3 is 2.61 bits per heavy atom. The van der Waals surface area contributed by atoms with Gasteiger partial charge in [-0.05, 0) is 19.2 Å². The van der Waals surface area contributed by atoms with E-state index in [0.717, 1.165) is 55.0 Å². The zero-order valence-corrected chi connectivity index (χ0v) is 18.3. The fourth-order valence-corrected chi connectivity index (χ4v) is 5.02. The molecule has 0 N–H and O–H groups in total. The normalized spacial score (nSPS) is 20.9. The summed E-state index contributed by atoms with van der Waals surface area (Å²) in [6.07, 6.45) is 0.341. The highest BCUT2D eigenvalue weighted by Crippen LogP contribution is 2.29. The molecule has 28 heavy (non-hydrogen) atoms. The zero-order chi connectivity index (χ0) is 19.9. The number of carbonyl (C=O) groups excluding carboxylic acids is 1. The van der Waals surface area contributed by atoms with Gasteiger partial charge in [-0.25, -0.2) is 0 Å². The highest BCUT2D eigenvalue weighted by molar-refractivity contribution is 8.00. The number of Topliss-reactive ketones (excluding diaryl/α,β-unsaturated/α-hetero) is 1. The van der Waals surface area contributed by atoms with Gasteiger partial charge in [-0.15, -0.1) is 11.8 Å². The Balaban J connectivity index is 1.48. The first kappa shape index (κ1) is 21.4. The summed E-state index contributed by atoms with van der Waals surface area (Å²) in [6.45, 7) is 5.81. The maximum atomic E-state index is 12.5. The van der Waals surface area contributed by atoms with Crippen LogP contribution < -0.4 is 9.47 Å². The number of ether oxygens (including phenoxy) is 2. The van der Waals surface area contributed by atoms with Crippen LogP contribution in [0.5, 0.6) is 11.5 Å². The second-order valence-electron chi connectivity index (χ2n) is 7.17. The van der Waals surface area contributed by atoms with Crippen LogP contribution in [0.15, 0.2) is 24.3 Å². The summed E-state index contributed by atoms with van der Waals surface area (Å²) in [6, 6.07) is 7.64. The first-order valence-electron chi connectivity index (χ1n) is 9.66. The predicted octanol–water partition coefficient (Wildman–Crippen LogP) is 1.98. The van der Waals surface area contributed by atoms with E-state index in [1.54, 1.807) is 7.11 Å². The minimum Gasteiger partial charge on any atom is -0.493 e. The molecule has 0 aliphatic carbocycles. The van der Waals surface area contributed by atoms with Gasteiger partial charge in [0.2, 0.25) is 0 Å². The van der Waals surface area contributed by atoms with E-state index >= 15 is 0 Å². The highest BCUT2D eigenvalue weighted by Gasteiger charge is 2.29. The fraction of sp³-hybridized carbons (Fsp3) is 0.600. The Hall–Kier alpha value is -1.35. The van der Waals surface area contributed by atoms with Crippen LogP contribution in [-0.4, -0.2) is 96.6 Å². The number of benzene rings is 1. The number of hydrogen-bond donors (Lipinski definition) is 0. The van der Waals surface area contributed by atoms with Crippen molar-refractivity contribution in [3.05, 3.63) is 24.3 Å². The van der Waals surface area contributed by atoms with Gasteiger partial charge < -0.3 is 19.3 Å². The van der Waals surface area contributed by atoms with Crippen LogP contribution in [0.25, 0.3) is 0 Å². The number of para-hydroxylation sites is 2. The molecule has 2 aliphatic rings. The molecule has 1 aromatic rings. The van der Waals surface area contributed by atoms with Gasteiger partial charge in [0.05, 0.1) is 25.1 Å². The van der Waals surface area contributed by atoms with Crippen LogP contribution >= 0.6 is 24.0 Å². The molecule has 0 spiro atoms. The molecule has 0 bridgehead atoms. The summed E-state index contributed by atoms with van der Waals surface area (Å²) < 4.78 is 11.3. The first-order chi connectivity index (χ1) is 13.6. The second kappa shape index (κ2) is 10.4. The molecule has 8 heteroatoms. The number of rotatable bonds is 8. The van der Waals surface area contributed by atoms with Crippen molar-refractivity contribution >= 4 is 34.8 Å². The number of methoxy groups -OCH3 is 1. The van der Waals surface area contributed by atoms with Crippen molar-refractivity contribution in [3.63, 3.8) is 0 Å². The number of hydrogen-bond acceptors (Lipinski definition) is 7. The van der Waals surface area contributed by atoms with Crippen LogP contribution in [0.2, 0.25) is 0 Å². The number of ketones is 1. The largest absolute Gasteiger partial charge is 0.493 e. The van der Waals surface area contributed by atoms with Crippen LogP contribution in [0.4, 0.5) is 0 Å². The fourth-order valence-electron chi connectivity index (χ4n) is 3.43. The Morgan fingerprint density at radius 2 is 1.89 bits per heavy atom. The molecule has 2 saturated heterocycles. The van der Waals surface area contributed by atoms with Crippen molar-refractivity contribution in [3.8, 4) is 11.5 Å². The minimum atomic E-state index is 0.133. The average Bonchev–Trinajstić information content (AvgIpc) is 3.17. The van der Waals surface area contributed by atoms with Gasteiger partial charge in [0.15, 0.2) is 17.3 Å². The summed E-state index contributed by atoms with van der Waals surface area (Å²) in [4.78, 5) is 19.9. The van der Waals surface area contributed by atoms with Gasteiger partial charge in [-0.1, -0.05) is 24.4 Å². The molecule has 6 nitrogen and oxygen atoms in total. The monoisotopic (exact) mass is 423 g/mol. The van der Waals surface area contributed by atoms with Crippen LogP contribution in [-0.2, 0) is 4.79 Å². The molecule has 0 saturated carbocycles. The number of nitrogens with zero attached hydrogens (tertiary/aromatic N) is 3. The smallest absolute Gasteiger partial charge is 0.161 e. The molecule has 3 rings (SSSR count). The lowest BCUT2D eigenvalue weighted by atomic mass is 10.2. The van der Waals surface area contributed by atoms with E-state index in [4.69, 9.17) is 21.7 Å². The molecule has 2 heterocycles. The molecule has 0 radical (unpaired) electrons. The number of thioether (sulfide) groups is 1. The average molecular weight is 424 g/mol. The SMILES string of the molecule is COc1ccccc1OCC1SCCN1C(=S)CC(=O)CN1CCN(C)CC1. The molecule has 0 amide bonds. The van der Waals surface area contributed by atoms with Crippen molar-refractivity contribution in [2.75, 3.05) is 65.8 Å². The molecular weight excluding hydrogens is 394 g/mol. The topological polar surface area (TPSA) is 45.3 Å². The van der Waals surface area contributed by atoms with E-state index in [1.165, 1.54) is 0 Å². The van der Waals surface area contributed by atoms with Crippen molar-refractivity contribution < 1.29 is 14.3 Å². The van der Waals surface area contributed by atoms with E-state index in [1.807, 2.05) is 36.0 Å². The maximum Gasteiger partial charge on any atom is 0.161 e. The van der Waals surface area contributed by atoms with Gasteiger partial charge in [0.1, 0.15) is 12.0 Å². The van der Waals surface area contributed by atoms with E-state index in [-0.39, 0.29) is 11.2 Å². The van der Waals surface area contributed by atoms with Gasteiger partial charge in [-0.3, -0.25) is 9.69 Å². The maximum absolute atomic E-state index is 12.5. The number of carbonyl (C=O) groups is 1.